The summed E-state index contributed by atoms with van der Waals surface area (Å²) in [5, 5.41) is 1.45. The van der Waals surface area contributed by atoms with E-state index in [1.807, 2.05) is 0 Å². The maximum absolute atomic E-state index is 2.27. The molecule has 0 N–H and O–H groups in total. The summed E-state index contributed by atoms with van der Waals surface area (Å²) in [6, 6.07) is 43.9. The molecule has 0 aromatic heterocycles. The molecule has 0 aliphatic carbocycles. The van der Waals surface area contributed by atoms with Gasteiger partial charge in [0.15, 0.2) is 0 Å². The van der Waals surface area contributed by atoms with Crippen LogP contribution in [0.25, 0.3) is 0 Å². The number of hydrogen-bond acceptors (Lipinski definition) is 7. The van der Waals surface area contributed by atoms with Crippen molar-refractivity contribution in [1.82, 2.24) is 0 Å². The Morgan fingerprint density at radius 1 is 0.286 bits per heavy atom. The zero-order valence-corrected chi connectivity index (χ0v) is 34.6. The highest BCUT2D eigenvalue weighted by Crippen LogP contribution is 2.27. The van der Waals surface area contributed by atoms with Crippen molar-refractivity contribution in [3.63, 3.8) is 0 Å². The van der Waals surface area contributed by atoms with Gasteiger partial charge in [-0.1, -0.05) is 121 Å². The lowest BCUT2D eigenvalue weighted by Gasteiger charge is -2.20. The Hall–Kier alpha value is -0.670. The van der Waals surface area contributed by atoms with E-state index in [9.17, 15) is 0 Å². The molecule has 4 aromatic carbocycles. The first-order chi connectivity index (χ1) is 24.3. The number of aryl methyl sites for hydroxylation is 4. The van der Waals surface area contributed by atoms with Crippen molar-refractivity contribution < 1.29 is 0 Å². The van der Waals surface area contributed by atoms with Crippen LogP contribution in [-0.2, 0) is 25.7 Å². The molecule has 0 bridgehead atoms. The standard InChI is InChI=1S/C42H54S7/c1-5-13-37(14-6-1)21-25-43-29-31-48-41(33-45-27-23-39-17-9-3-10-18-39)35-47-36-42(34-46-28-24-40-19-11-4-12-20-40)49-32-30-44-26-22-38-15-7-2-8-16-38/h1-20,41-42H,21-36H2. The molecule has 2 atom stereocenters. The topological polar surface area (TPSA) is 0 Å². The van der Waals surface area contributed by atoms with Gasteiger partial charge in [0, 0.05) is 56.5 Å². The van der Waals surface area contributed by atoms with Crippen LogP contribution >= 0.6 is 82.3 Å². The molecule has 7 heteroatoms. The van der Waals surface area contributed by atoms with Crippen molar-refractivity contribution in [2.45, 2.75) is 36.2 Å². The SMILES string of the molecule is c1ccc(CCSCCSC(CSCCc2ccccc2)CSCC(CSCCc2ccccc2)SCCSCCc2ccccc2)cc1. The van der Waals surface area contributed by atoms with E-state index in [0.717, 1.165) is 10.5 Å². The Kier molecular flexibility index (Phi) is 23.4. The summed E-state index contributed by atoms with van der Waals surface area (Å²) >= 11 is 15.3. The molecule has 0 aliphatic rings. The molecule has 4 rings (SSSR count). The molecule has 0 amide bonds. The molecule has 4 aromatic rings. The summed E-state index contributed by atoms with van der Waals surface area (Å²) in [7, 11) is 0. The Bertz CT molecular complexity index is 1210. The fourth-order valence-corrected chi connectivity index (χ4v) is 14.4. The van der Waals surface area contributed by atoms with Crippen LogP contribution in [0.15, 0.2) is 121 Å². The van der Waals surface area contributed by atoms with E-state index in [1.165, 1.54) is 117 Å². The number of benzene rings is 4. The second kappa shape index (κ2) is 27.9. The van der Waals surface area contributed by atoms with E-state index >= 15 is 0 Å². The van der Waals surface area contributed by atoms with Gasteiger partial charge in [-0.3, -0.25) is 0 Å². The first-order valence-electron chi connectivity index (χ1n) is 17.6. The number of rotatable bonds is 28. The first kappa shape index (κ1) is 41.1. The monoisotopic (exact) mass is 782 g/mol. The van der Waals surface area contributed by atoms with Gasteiger partial charge in [0.25, 0.3) is 0 Å². The molecule has 0 spiro atoms. The van der Waals surface area contributed by atoms with Crippen LogP contribution in [0.5, 0.6) is 0 Å². The Morgan fingerprint density at radius 3 is 0.898 bits per heavy atom. The van der Waals surface area contributed by atoms with Gasteiger partial charge in [-0.25, -0.2) is 0 Å². The summed E-state index contributed by atoms with van der Waals surface area (Å²) in [5.41, 5.74) is 5.85. The average Bonchev–Trinajstić information content (AvgIpc) is 3.15. The highest BCUT2D eigenvalue weighted by Gasteiger charge is 2.15. The maximum atomic E-state index is 2.27. The summed E-state index contributed by atoms with van der Waals surface area (Å²) in [5.74, 6) is 15.0. The van der Waals surface area contributed by atoms with Crippen LogP contribution in [0, 0.1) is 0 Å². The lowest BCUT2D eigenvalue weighted by atomic mass is 10.2. The molecule has 0 radical (unpaired) electrons. The first-order valence-corrected chi connectivity index (χ1v) is 25.5. The van der Waals surface area contributed by atoms with Crippen LogP contribution in [0.1, 0.15) is 22.3 Å². The largest absolute Gasteiger partial charge is 0.161 e. The lowest BCUT2D eigenvalue weighted by Crippen LogP contribution is -2.17. The van der Waals surface area contributed by atoms with Gasteiger partial charge in [-0.2, -0.15) is 82.3 Å². The van der Waals surface area contributed by atoms with Gasteiger partial charge in [-0.05, 0) is 70.9 Å². The van der Waals surface area contributed by atoms with Crippen molar-refractivity contribution in [2.24, 2.45) is 0 Å². The van der Waals surface area contributed by atoms with Crippen molar-refractivity contribution in [3.05, 3.63) is 144 Å². The zero-order valence-electron chi connectivity index (χ0n) is 28.9. The molecule has 0 nitrogen and oxygen atoms in total. The summed E-state index contributed by atoms with van der Waals surface area (Å²) in [6.07, 6.45) is 4.71. The van der Waals surface area contributed by atoms with Crippen molar-refractivity contribution >= 4 is 82.3 Å². The van der Waals surface area contributed by atoms with E-state index in [2.05, 4.69) is 204 Å². The average molecular weight is 783 g/mol. The van der Waals surface area contributed by atoms with E-state index in [1.54, 1.807) is 0 Å². The molecular weight excluding hydrogens is 729 g/mol. The number of thioether (sulfide) groups is 7. The van der Waals surface area contributed by atoms with Crippen LogP contribution in [-0.4, -0.2) is 79.5 Å². The van der Waals surface area contributed by atoms with Crippen molar-refractivity contribution in [2.75, 3.05) is 69.0 Å². The third-order valence-electron chi connectivity index (χ3n) is 7.89. The normalized spacial score (nSPS) is 12.6. The molecule has 0 heterocycles. The van der Waals surface area contributed by atoms with Gasteiger partial charge in [-0.15, -0.1) is 0 Å². The van der Waals surface area contributed by atoms with Crippen LogP contribution in [0.3, 0.4) is 0 Å². The highest BCUT2D eigenvalue weighted by atomic mass is 32.2. The molecule has 49 heavy (non-hydrogen) atoms. The fraction of sp³-hybridized carbons (Fsp3) is 0.429. The van der Waals surface area contributed by atoms with Crippen molar-refractivity contribution in [3.8, 4) is 0 Å². The Labute approximate surface area is 328 Å². The minimum Gasteiger partial charge on any atom is -0.161 e. The van der Waals surface area contributed by atoms with Crippen LogP contribution in [0.4, 0.5) is 0 Å². The molecule has 0 saturated carbocycles. The van der Waals surface area contributed by atoms with E-state index < -0.39 is 0 Å². The van der Waals surface area contributed by atoms with Gasteiger partial charge in [0.05, 0.1) is 0 Å². The minimum atomic E-state index is 0.727. The van der Waals surface area contributed by atoms with E-state index in [0.29, 0.717) is 0 Å². The number of hydrogen-bond donors (Lipinski definition) is 0. The molecule has 2 unspecified atom stereocenters. The third-order valence-corrected chi connectivity index (χ3v) is 17.2. The molecular formula is C42H54S7. The van der Waals surface area contributed by atoms with Gasteiger partial charge in [0.2, 0.25) is 0 Å². The molecule has 0 aliphatic heterocycles. The summed E-state index contributed by atoms with van der Waals surface area (Å²) in [6.45, 7) is 0. The predicted molar refractivity (Wildman–Crippen MR) is 240 cm³/mol. The molecule has 264 valence electrons. The second-order valence-electron chi connectivity index (χ2n) is 11.8. The lowest BCUT2D eigenvalue weighted by molar-refractivity contribution is 1.10. The van der Waals surface area contributed by atoms with Crippen molar-refractivity contribution in [1.29, 1.82) is 0 Å². The fourth-order valence-electron chi connectivity index (χ4n) is 5.14. The molecule has 0 saturated heterocycles. The predicted octanol–water partition coefficient (Wildman–Crippen LogP) is 11.8. The highest BCUT2D eigenvalue weighted by molar-refractivity contribution is 8.07. The Balaban J connectivity index is 1.18. The van der Waals surface area contributed by atoms with Crippen LogP contribution in [0.2, 0.25) is 0 Å². The molecule has 0 fully saturated rings. The summed E-state index contributed by atoms with van der Waals surface area (Å²) in [4.78, 5) is 0. The third kappa shape index (κ3) is 20.2. The maximum Gasteiger partial charge on any atom is 0.0229 e. The summed E-state index contributed by atoms with van der Waals surface area (Å²) < 4.78 is 0. The van der Waals surface area contributed by atoms with E-state index in [4.69, 9.17) is 0 Å². The van der Waals surface area contributed by atoms with Gasteiger partial charge in [0.1, 0.15) is 0 Å². The Morgan fingerprint density at radius 2 is 0.571 bits per heavy atom. The quantitative estimate of drug-likeness (QED) is 0.0520. The minimum absolute atomic E-state index is 0.727. The smallest absolute Gasteiger partial charge is 0.0229 e. The van der Waals surface area contributed by atoms with Gasteiger partial charge < -0.3 is 0 Å². The second-order valence-corrected chi connectivity index (χ2v) is 20.5. The van der Waals surface area contributed by atoms with Gasteiger partial charge >= 0.3 is 0 Å². The zero-order chi connectivity index (χ0) is 33.9. The van der Waals surface area contributed by atoms with E-state index in [-0.39, 0.29) is 0 Å². The van der Waals surface area contributed by atoms with Crippen LogP contribution < -0.4 is 0 Å².